The minimum atomic E-state index is -3.86. The molecule has 0 unspecified atom stereocenters. The lowest BCUT2D eigenvalue weighted by Gasteiger charge is -2.17. The van der Waals surface area contributed by atoms with Crippen LogP contribution in [-0.4, -0.2) is 77.8 Å². The second-order valence-corrected chi connectivity index (χ2v) is 13.4. The van der Waals surface area contributed by atoms with Crippen LogP contribution in [0.3, 0.4) is 0 Å². The molecule has 0 aromatic heterocycles. The molecule has 0 aromatic rings. The number of phosphoric acid groups is 1. The van der Waals surface area contributed by atoms with Crippen LogP contribution in [0.25, 0.3) is 0 Å². The summed E-state index contributed by atoms with van der Waals surface area (Å²) in [5, 5.41) is 25.5. The summed E-state index contributed by atoms with van der Waals surface area (Å²) in [7, 11) is -3.86. The van der Waals surface area contributed by atoms with Gasteiger partial charge in [-0.1, -0.05) is 155 Å². The Bertz CT molecular complexity index is 509. The van der Waals surface area contributed by atoms with Crippen LogP contribution in [-0.2, 0) is 13.6 Å². The predicted octanol–water partition coefficient (Wildman–Crippen LogP) is 8.79. The highest BCUT2D eigenvalue weighted by Crippen LogP contribution is 2.43. The molecular weight excluding hydrogens is 565 g/mol. The molecule has 0 fully saturated rings. The molecule has 0 spiro atoms. The molecule has 9 heteroatoms. The molecule has 0 radical (unpaired) electrons. The summed E-state index contributed by atoms with van der Waals surface area (Å²) in [4.78, 5) is 11.6. The highest BCUT2D eigenvalue weighted by molar-refractivity contribution is 7.47. The van der Waals surface area contributed by atoms with E-state index in [0.717, 1.165) is 25.7 Å². The van der Waals surface area contributed by atoms with Crippen LogP contribution >= 0.6 is 7.82 Å². The number of phosphoric ester groups is 1. The minimum Gasteiger partial charge on any atom is -0.395 e. The molecule has 0 atom stereocenters. The molecule has 0 saturated carbocycles. The Labute approximate surface area is 267 Å². The van der Waals surface area contributed by atoms with E-state index in [2.05, 4.69) is 13.8 Å². The summed E-state index contributed by atoms with van der Waals surface area (Å²) in [6.07, 6.45) is 30.6. The Morgan fingerprint density at radius 3 is 0.907 bits per heavy atom. The quantitative estimate of drug-likeness (QED) is 0.0407. The van der Waals surface area contributed by atoms with Gasteiger partial charge in [0.25, 0.3) is 0 Å². The molecule has 0 aliphatic heterocycles. The summed E-state index contributed by atoms with van der Waals surface area (Å²) in [6.45, 7) is 6.92. The summed E-state index contributed by atoms with van der Waals surface area (Å²) in [5.74, 6) is 0. The van der Waals surface area contributed by atoms with Crippen molar-refractivity contribution in [3.8, 4) is 0 Å². The molecular formula is C34H74NO7P. The van der Waals surface area contributed by atoms with Gasteiger partial charge in [-0.15, -0.1) is 0 Å². The van der Waals surface area contributed by atoms with Crippen molar-refractivity contribution in [1.82, 2.24) is 4.90 Å². The topological polar surface area (TPSA) is 120 Å². The Morgan fingerprint density at radius 1 is 0.442 bits per heavy atom. The minimum absolute atomic E-state index is 0.0694. The van der Waals surface area contributed by atoms with Gasteiger partial charge in [-0.3, -0.25) is 13.9 Å². The maximum Gasteiger partial charge on any atom is 0.472 e. The molecule has 0 rings (SSSR count). The normalized spacial score (nSPS) is 11.7. The zero-order valence-electron chi connectivity index (χ0n) is 28.5. The van der Waals surface area contributed by atoms with Crippen LogP contribution in [0.15, 0.2) is 0 Å². The Kier molecular flexibility index (Phi) is 40.0. The molecule has 4 N–H and O–H groups in total. The van der Waals surface area contributed by atoms with Crippen molar-refractivity contribution < 1.29 is 33.8 Å². The van der Waals surface area contributed by atoms with Gasteiger partial charge < -0.3 is 20.2 Å². The van der Waals surface area contributed by atoms with Crippen molar-refractivity contribution in [1.29, 1.82) is 0 Å². The fourth-order valence-electron chi connectivity index (χ4n) is 5.04. The zero-order chi connectivity index (χ0) is 32.1. The fraction of sp³-hybridized carbons (Fsp3) is 1.00. The van der Waals surface area contributed by atoms with Crippen LogP contribution in [0, 0.1) is 0 Å². The zero-order valence-corrected chi connectivity index (χ0v) is 29.4. The molecule has 0 saturated heterocycles. The second kappa shape index (κ2) is 38.1. The lowest BCUT2D eigenvalue weighted by Crippen LogP contribution is -2.32. The van der Waals surface area contributed by atoms with Gasteiger partial charge >= 0.3 is 7.82 Å². The molecule has 0 amide bonds. The van der Waals surface area contributed by atoms with E-state index in [1.807, 2.05) is 0 Å². The Morgan fingerprint density at radius 2 is 0.674 bits per heavy atom. The van der Waals surface area contributed by atoms with Crippen LogP contribution < -0.4 is 0 Å². The molecule has 43 heavy (non-hydrogen) atoms. The van der Waals surface area contributed by atoms with E-state index in [4.69, 9.17) is 24.4 Å². The van der Waals surface area contributed by atoms with E-state index in [9.17, 15) is 9.46 Å². The lowest BCUT2D eigenvalue weighted by molar-refractivity contribution is 0.136. The average molecular weight is 640 g/mol. The third kappa shape index (κ3) is 39.9. The first-order chi connectivity index (χ1) is 21.0. The maximum atomic E-state index is 11.9. The summed E-state index contributed by atoms with van der Waals surface area (Å²) >= 11 is 0. The van der Waals surface area contributed by atoms with Crippen LogP contribution in [0.5, 0.6) is 0 Å². The number of aliphatic hydroxyl groups is 3. The van der Waals surface area contributed by atoms with Gasteiger partial charge in [-0.25, -0.2) is 4.57 Å². The van der Waals surface area contributed by atoms with E-state index < -0.39 is 7.82 Å². The van der Waals surface area contributed by atoms with Gasteiger partial charge in [0.2, 0.25) is 0 Å². The first kappa shape index (κ1) is 45.1. The number of nitrogens with zero attached hydrogens (tertiary/aromatic N) is 1. The molecule has 8 nitrogen and oxygen atoms in total. The van der Waals surface area contributed by atoms with Crippen molar-refractivity contribution in [2.24, 2.45) is 0 Å². The predicted molar refractivity (Wildman–Crippen MR) is 182 cm³/mol. The fourth-order valence-corrected chi connectivity index (χ4v) is 5.84. The van der Waals surface area contributed by atoms with E-state index >= 15 is 0 Å². The Hall–Kier alpha value is -0.0500. The smallest absolute Gasteiger partial charge is 0.395 e. The molecule has 0 aromatic carbocycles. The summed E-state index contributed by atoms with van der Waals surface area (Å²) in [6, 6.07) is 0. The second-order valence-electron chi connectivity index (χ2n) is 11.9. The van der Waals surface area contributed by atoms with Gasteiger partial charge in [0.05, 0.1) is 33.0 Å². The van der Waals surface area contributed by atoms with Crippen molar-refractivity contribution >= 4 is 7.82 Å². The van der Waals surface area contributed by atoms with Gasteiger partial charge in [-0.2, -0.15) is 0 Å². The van der Waals surface area contributed by atoms with Gasteiger partial charge in [0.1, 0.15) is 0 Å². The number of unbranched alkanes of at least 4 members (excludes halogenated alkanes) is 22. The van der Waals surface area contributed by atoms with Crippen LogP contribution in [0.2, 0.25) is 0 Å². The molecule has 0 heterocycles. The highest BCUT2D eigenvalue weighted by atomic mass is 31.2. The Balaban J connectivity index is 0. The van der Waals surface area contributed by atoms with E-state index in [1.165, 1.54) is 128 Å². The first-order valence-corrected chi connectivity index (χ1v) is 19.6. The standard InChI is InChI=1S/C28H59O4P.C6H15NO3/c1-3-5-7-9-11-13-15-17-19-21-23-25-27-31-33(29,30)32-28-26-24-22-20-18-16-14-12-10-8-6-4-2;8-4-1-7(2-5-9)3-6-10/h3-28H2,1-2H3,(H,29,30);8-10H,1-6H2. The number of rotatable bonds is 34. The van der Waals surface area contributed by atoms with E-state index in [-0.39, 0.29) is 19.8 Å². The number of aliphatic hydroxyl groups excluding tert-OH is 3. The summed E-state index contributed by atoms with van der Waals surface area (Å²) in [5.41, 5.74) is 0. The van der Waals surface area contributed by atoms with Crippen molar-refractivity contribution in [2.75, 3.05) is 52.7 Å². The lowest BCUT2D eigenvalue weighted by atomic mass is 10.1. The van der Waals surface area contributed by atoms with Gasteiger partial charge in [0.15, 0.2) is 0 Å². The molecule has 262 valence electrons. The number of hydrogen-bond donors (Lipinski definition) is 4. The van der Waals surface area contributed by atoms with Crippen molar-refractivity contribution in [3.63, 3.8) is 0 Å². The van der Waals surface area contributed by atoms with Gasteiger partial charge in [-0.05, 0) is 12.8 Å². The molecule has 0 aliphatic carbocycles. The van der Waals surface area contributed by atoms with E-state index in [0.29, 0.717) is 32.8 Å². The first-order valence-electron chi connectivity index (χ1n) is 18.1. The van der Waals surface area contributed by atoms with Crippen molar-refractivity contribution in [3.05, 3.63) is 0 Å². The SMILES string of the molecule is CCCCCCCCCCCCCCOP(=O)(O)OCCCCCCCCCCCCCC.OCCN(CCO)CCO. The van der Waals surface area contributed by atoms with E-state index in [1.54, 1.807) is 4.90 Å². The number of hydrogen-bond acceptors (Lipinski definition) is 7. The summed E-state index contributed by atoms with van der Waals surface area (Å²) < 4.78 is 22.2. The molecule has 0 aliphatic rings. The third-order valence-electron chi connectivity index (χ3n) is 7.75. The third-order valence-corrected chi connectivity index (χ3v) is 8.77. The average Bonchev–Trinajstić information content (AvgIpc) is 2.98. The van der Waals surface area contributed by atoms with Crippen molar-refractivity contribution in [2.45, 2.75) is 168 Å². The largest absolute Gasteiger partial charge is 0.472 e. The maximum absolute atomic E-state index is 11.9. The molecule has 0 bridgehead atoms. The highest BCUT2D eigenvalue weighted by Gasteiger charge is 2.19. The van der Waals surface area contributed by atoms with Crippen LogP contribution in [0.1, 0.15) is 168 Å². The van der Waals surface area contributed by atoms with Crippen LogP contribution in [0.4, 0.5) is 0 Å². The van der Waals surface area contributed by atoms with Gasteiger partial charge in [0, 0.05) is 19.6 Å². The monoisotopic (exact) mass is 640 g/mol.